The zero-order valence-electron chi connectivity index (χ0n) is 10.6. The van der Waals surface area contributed by atoms with Crippen molar-refractivity contribution in [1.82, 2.24) is 15.1 Å². The van der Waals surface area contributed by atoms with Gasteiger partial charge in [0.05, 0.1) is 12.3 Å². The lowest BCUT2D eigenvalue weighted by Crippen LogP contribution is -2.33. The third-order valence-corrected chi connectivity index (χ3v) is 2.53. The van der Waals surface area contributed by atoms with Gasteiger partial charge in [-0.3, -0.25) is 9.48 Å². The van der Waals surface area contributed by atoms with E-state index in [9.17, 15) is 9.59 Å². The van der Waals surface area contributed by atoms with E-state index in [1.807, 2.05) is 0 Å². The Morgan fingerprint density at radius 3 is 2.78 bits per heavy atom. The smallest absolute Gasteiger partial charge is 0.339 e. The van der Waals surface area contributed by atoms with Crippen LogP contribution in [0.4, 0.5) is 0 Å². The van der Waals surface area contributed by atoms with E-state index < -0.39 is 12.0 Å². The fourth-order valence-electron chi connectivity index (χ4n) is 1.43. The Hall–Kier alpha value is -1.89. The fraction of sp³-hybridized carbons (Fsp3) is 0.545. The average molecular weight is 255 g/mol. The first-order valence-corrected chi connectivity index (χ1v) is 5.53. The van der Waals surface area contributed by atoms with E-state index in [4.69, 9.17) is 9.84 Å². The first-order chi connectivity index (χ1) is 8.47. The molecule has 0 aliphatic heterocycles. The van der Waals surface area contributed by atoms with Crippen molar-refractivity contribution < 1.29 is 19.4 Å². The minimum absolute atomic E-state index is 0.103. The van der Waals surface area contributed by atoms with Crippen LogP contribution in [0.15, 0.2) is 6.20 Å². The van der Waals surface area contributed by atoms with Gasteiger partial charge >= 0.3 is 5.97 Å². The Bertz CT molecular complexity index is 441. The van der Waals surface area contributed by atoms with Gasteiger partial charge in [0, 0.05) is 19.9 Å². The molecular formula is C11H17N3O4. The summed E-state index contributed by atoms with van der Waals surface area (Å²) in [6.45, 7) is 4.08. The van der Waals surface area contributed by atoms with Crippen molar-refractivity contribution in [2.45, 2.75) is 19.9 Å². The number of aromatic nitrogens is 2. The summed E-state index contributed by atoms with van der Waals surface area (Å²) in [5, 5.41) is 15.6. The number of carboxylic acid groups (broad SMARTS) is 1. The van der Waals surface area contributed by atoms with Crippen molar-refractivity contribution >= 4 is 11.9 Å². The van der Waals surface area contributed by atoms with Crippen LogP contribution in [-0.4, -0.2) is 47.0 Å². The molecule has 100 valence electrons. The van der Waals surface area contributed by atoms with E-state index in [-0.39, 0.29) is 11.5 Å². The molecule has 0 bridgehead atoms. The summed E-state index contributed by atoms with van der Waals surface area (Å²) in [6.07, 6.45) is 1.36. The monoisotopic (exact) mass is 255 g/mol. The molecule has 18 heavy (non-hydrogen) atoms. The van der Waals surface area contributed by atoms with Gasteiger partial charge in [-0.25, -0.2) is 4.79 Å². The van der Waals surface area contributed by atoms with Crippen molar-refractivity contribution in [3.63, 3.8) is 0 Å². The lowest BCUT2D eigenvalue weighted by molar-refractivity contribution is -0.124. The maximum atomic E-state index is 11.7. The quantitative estimate of drug-likeness (QED) is 0.709. The van der Waals surface area contributed by atoms with Gasteiger partial charge in [0.1, 0.15) is 11.6 Å². The Labute approximate surface area is 105 Å². The number of nitrogens with one attached hydrogen (secondary N) is 1. The van der Waals surface area contributed by atoms with Crippen LogP contribution >= 0.6 is 0 Å². The Balaban J connectivity index is 2.71. The van der Waals surface area contributed by atoms with Crippen molar-refractivity contribution in [3.05, 3.63) is 17.5 Å². The predicted molar refractivity (Wildman–Crippen MR) is 63.5 cm³/mol. The summed E-state index contributed by atoms with van der Waals surface area (Å²) in [7, 11) is 1.55. The highest BCUT2D eigenvalue weighted by Crippen LogP contribution is 2.11. The normalized spacial score (nSPS) is 12.2. The van der Waals surface area contributed by atoms with E-state index in [1.165, 1.54) is 10.9 Å². The number of aryl methyl sites for hydroxylation is 1. The molecule has 0 aromatic carbocycles. The molecule has 1 heterocycles. The summed E-state index contributed by atoms with van der Waals surface area (Å²) in [5.41, 5.74) is 0.491. The standard InChI is InChI=1S/C11H17N3O4/c1-7-9(11(16)17)6-14(13-7)8(2)10(15)12-4-5-18-3/h6,8H,4-5H2,1-3H3,(H,12,15)(H,16,17). The molecule has 1 atom stereocenters. The molecule has 2 N–H and O–H groups in total. The molecule has 0 saturated carbocycles. The molecule has 1 aromatic rings. The fourth-order valence-corrected chi connectivity index (χ4v) is 1.43. The van der Waals surface area contributed by atoms with E-state index in [2.05, 4.69) is 10.4 Å². The number of carbonyl (C=O) groups excluding carboxylic acids is 1. The van der Waals surface area contributed by atoms with Gasteiger partial charge in [0.25, 0.3) is 0 Å². The summed E-state index contributed by atoms with van der Waals surface area (Å²) in [6, 6.07) is -0.561. The third-order valence-electron chi connectivity index (χ3n) is 2.53. The van der Waals surface area contributed by atoms with E-state index >= 15 is 0 Å². The topological polar surface area (TPSA) is 93.5 Å². The molecule has 0 aliphatic carbocycles. The highest BCUT2D eigenvalue weighted by Gasteiger charge is 2.19. The third kappa shape index (κ3) is 3.30. The van der Waals surface area contributed by atoms with Gasteiger partial charge in [-0.15, -0.1) is 0 Å². The molecule has 0 saturated heterocycles. The number of aromatic carboxylic acids is 1. The van der Waals surface area contributed by atoms with Crippen LogP contribution in [0.1, 0.15) is 29.0 Å². The molecule has 0 fully saturated rings. The number of hydrogen-bond acceptors (Lipinski definition) is 4. The van der Waals surface area contributed by atoms with E-state index in [1.54, 1.807) is 21.0 Å². The van der Waals surface area contributed by atoms with Crippen molar-refractivity contribution in [2.24, 2.45) is 0 Å². The van der Waals surface area contributed by atoms with Gasteiger partial charge in [-0.1, -0.05) is 0 Å². The van der Waals surface area contributed by atoms with Crippen LogP contribution in [0.3, 0.4) is 0 Å². The number of rotatable bonds is 6. The molecular weight excluding hydrogens is 238 g/mol. The van der Waals surface area contributed by atoms with Crippen LogP contribution in [0.2, 0.25) is 0 Å². The van der Waals surface area contributed by atoms with Crippen molar-refractivity contribution in [2.75, 3.05) is 20.3 Å². The Morgan fingerprint density at radius 2 is 2.28 bits per heavy atom. The number of hydrogen-bond donors (Lipinski definition) is 2. The number of methoxy groups -OCH3 is 1. The SMILES string of the molecule is COCCNC(=O)C(C)n1cc(C(=O)O)c(C)n1. The predicted octanol–water partition coefficient (Wildman–Crippen LogP) is 0.213. The number of carboxylic acids is 1. The Morgan fingerprint density at radius 1 is 1.61 bits per heavy atom. The van der Waals surface area contributed by atoms with Gasteiger partial charge in [0.2, 0.25) is 5.91 Å². The number of amides is 1. The van der Waals surface area contributed by atoms with E-state index in [0.29, 0.717) is 18.8 Å². The summed E-state index contributed by atoms with van der Waals surface area (Å²) in [4.78, 5) is 22.6. The molecule has 0 spiro atoms. The molecule has 1 aromatic heterocycles. The highest BCUT2D eigenvalue weighted by molar-refractivity contribution is 5.88. The van der Waals surface area contributed by atoms with Crippen LogP contribution in [0.25, 0.3) is 0 Å². The summed E-state index contributed by atoms with van der Waals surface area (Å²) in [5.74, 6) is -1.28. The zero-order valence-corrected chi connectivity index (χ0v) is 10.6. The molecule has 0 radical (unpaired) electrons. The minimum Gasteiger partial charge on any atom is -0.478 e. The van der Waals surface area contributed by atoms with Crippen LogP contribution in [0, 0.1) is 6.92 Å². The van der Waals surface area contributed by atoms with Crippen LogP contribution in [-0.2, 0) is 9.53 Å². The van der Waals surface area contributed by atoms with Crippen LogP contribution in [0.5, 0.6) is 0 Å². The van der Waals surface area contributed by atoms with Crippen LogP contribution < -0.4 is 5.32 Å². The molecule has 0 aliphatic rings. The number of carbonyl (C=O) groups is 2. The largest absolute Gasteiger partial charge is 0.478 e. The second-order valence-corrected chi connectivity index (χ2v) is 3.87. The van der Waals surface area contributed by atoms with Gasteiger partial charge in [-0.2, -0.15) is 5.10 Å². The van der Waals surface area contributed by atoms with Crippen molar-refractivity contribution in [3.8, 4) is 0 Å². The average Bonchev–Trinajstić information content (AvgIpc) is 2.70. The second kappa shape index (κ2) is 6.15. The maximum absolute atomic E-state index is 11.7. The maximum Gasteiger partial charge on any atom is 0.339 e. The highest BCUT2D eigenvalue weighted by atomic mass is 16.5. The lowest BCUT2D eigenvalue weighted by Gasteiger charge is -2.12. The summed E-state index contributed by atoms with van der Waals surface area (Å²) < 4.78 is 6.17. The summed E-state index contributed by atoms with van der Waals surface area (Å²) >= 11 is 0. The lowest BCUT2D eigenvalue weighted by atomic mass is 10.3. The van der Waals surface area contributed by atoms with Gasteiger partial charge < -0.3 is 15.2 Å². The van der Waals surface area contributed by atoms with Gasteiger partial charge in [-0.05, 0) is 13.8 Å². The number of nitrogens with zero attached hydrogens (tertiary/aromatic N) is 2. The minimum atomic E-state index is -1.05. The number of ether oxygens (including phenoxy) is 1. The Kier molecular flexibility index (Phi) is 4.85. The zero-order chi connectivity index (χ0) is 13.7. The van der Waals surface area contributed by atoms with E-state index in [0.717, 1.165) is 0 Å². The first kappa shape index (κ1) is 14.2. The molecule has 1 amide bonds. The molecule has 1 unspecified atom stereocenters. The van der Waals surface area contributed by atoms with Crippen molar-refractivity contribution in [1.29, 1.82) is 0 Å². The van der Waals surface area contributed by atoms with Gasteiger partial charge in [0.15, 0.2) is 0 Å². The molecule has 7 nitrogen and oxygen atoms in total. The molecule has 1 rings (SSSR count). The molecule has 7 heteroatoms. The first-order valence-electron chi connectivity index (χ1n) is 5.53. The second-order valence-electron chi connectivity index (χ2n) is 3.87.